The van der Waals surface area contributed by atoms with Gasteiger partial charge in [0.15, 0.2) is 0 Å². The fourth-order valence-corrected chi connectivity index (χ4v) is 1.47. The van der Waals surface area contributed by atoms with Crippen LogP contribution in [0.25, 0.3) is 0 Å². The molecule has 2 unspecified atom stereocenters. The quantitative estimate of drug-likeness (QED) is 0.525. The monoisotopic (exact) mass is 267 g/mol. The first-order valence-electron chi connectivity index (χ1n) is 5.79. The summed E-state index contributed by atoms with van der Waals surface area (Å²) in [5.74, 6) is -0.577. The number of carbonyl (C=O) groups excluding carboxylic acids is 1. The van der Waals surface area contributed by atoms with E-state index >= 15 is 0 Å². The summed E-state index contributed by atoms with van der Waals surface area (Å²) in [6.45, 7) is 3.29. The van der Waals surface area contributed by atoms with Crippen LogP contribution in [-0.4, -0.2) is 34.6 Å². The van der Waals surface area contributed by atoms with Crippen molar-refractivity contribution in [3.8, 4) is 0 Å². The average Bonchev–Trinajstić information content (AvgIpc) is 2.34. The number of rotatable bonds is 5. The molecular weight excluding hydrogens is 250 g/mol. The Labute approximate surface area is 110 Å². The van der Waals surface area contributed by atoms with E-state index < -0.39 is 23.0 Å². The van der Waals surface area contributed by atoms with Crippen molar-refractivity contribution in [2.24, 2.45) is 5.73 Å². The van der Waals surface area contributed by atoms with Crippen molar-refractivity contribution in [3.63, 3.8) is 0 Å². The van der Waals surface area contributed by atoms with Crippen LogP contribution >= 0.6 is 0 Å². The van der Waals surface area contributed by atoms with Gasteiger partial charge in [-0.1, -0.05) is 6.07 Å². The molecule has 0 aliphatic carbocycles. The third kappa shape index (κ3) is 4.01. The number of aliphatic hydroxyl groups is 1. The summed E-state index contributed by atoms with van der Waals surface area (Å²) >= 11 is 0. The van der Waals surface area contributed by atoms with Gasteiger partial charge in [0.1, 0.15) is 5.56 Å². The summed E-state index contributed by atoms with van der Waals surface area (Å²) in [5, 5.41) is 22.5. The minimum absolute atomic E-state index is 0.0113. The lowest BCUT2D eigenvalue weighted by atomic mass is 10.1. The van der Waals surface area contributed by atoms with Crippen LogP contribution in [-0.2, 0) is 0 Å². The molecule has 0 aliphatic heterocycles. The fourth-order valence-electron chi connectivity index (χ4n) is 1.47. The van der Waals surface area contributed by atoms with Gasteiger partial charge in [-0.25, -0.2) is 0 Å². The van der Waals surface area contributed by atoms with Gasteiger partial charge in [0.2, 0.25) is 0 Å². The molecule has 1 rings (SSSR count). The molecule has 104 valence electrons. The van der Waals surface area contributed by atoms with E-state index in [4.69, 9.17) is 5.73 Å². The van der Waals surface area contributed by atoms with Gasteiger partial charge in [-0.05, 0) is 25.5 Å². The Kier molecular flexibility index (Phi) is 4.96. The van der Waals surface area contributed by atoms with Crippen LogP contribution in [0.2, 0.25) is 0 Å². The minimum atomic E-state index is -0.771. The lowest BCUT2D eigenvalue weighted by Crippen LogP contribution is -2.43. The maximum atomic E-state index is 11.9. The van der Waals surface area contributed by atoms with E-state index in [0.29, 0.717) is 0 Å². The highest BCUT2D eigenvalue weighted by Gasteiger charge is 2.20. The molecule has 0 saturated carbocycles. The van der Waals surface area contributed by atoms with Gasteiger partial charge in [-0.2, -0.15) is 0 Å². The van der Waals surface area contributed by atoms with Crippen molar-refractivity contribution >= 4 is 11.6 Å². The van der Waals surface area contributed by atoms with Crippen LogP contribution in [0.4, 0.5) is 5.69 Å². The Balaban J connectivity index is 2.87. The van der Waals surface area contributed by atoms with Crippen molar-refractivity contribution in [3.05, 3.63) is 39.4 Å². The number of aliphatic hydroxyl groups excluding tert-OH is 1. The first kappa shape index (κ1) is 15.1. The number of nitro benzene ring substituents is 1. The van der Waals surface area contributed by atoms with E-state index in [1.54, 1.807) is 13.0 Å². The second-order valence-corrected chi connectivity index (χ2v) is 4.39. The molecule has 2 atom stereocenters. The smallest absolute Gasteiger partial charge is 0.282 e. The van der Waals surface area contributed by atoms with Gasteiger partial charge in [-0.15, -0.1) is 0 Å². The molecule has 1 amide bonds. The van der Waals surface area contributed by atoms with Crippen LogP contribution < -0.4 is 11.1 Å². The van der Waals surface area contributed by atoms with E-state index in [9.17, 15) is 20.0 Å². The van der Waals surface area contributed by atoms with E-state index in [-0.39, 0.29) is 17.8 Å². The number of nitrogens with zero attached hydrogens (tertiary/aromatic N) is 1. The predicted molar refractivity (Wildman–Crippen MR) is 69.8 cm³/mol. The summed E-state index contributed by atoms with van der Waals surface area (Å²) in [6.07, 6.45) is -0.771. The number of amides is 1. The zero-order valence-corrected chi connectivity index (χ0v) is 10.8. The van der Waals surface area contributed by atoms with Crippen LogP contribution in [0.3, 0.4) is 0 Å². The lowest BCUT2D eigenvalue weighted by Gasteiger charge is -2.15. The first-order valence-corrected chi connectivity index (χ1v) is 5.79. The van der Waals surface area contributed by atoms with E-state index in [2.05, 4.69) is 5.32 Å². The summed E-state index contributed by atoms with van der Waals surface area (Å²) in [5.41, 5.74) is 6.05. The Morgan fingerprint density at radius 1 is 1.58 bits per heavy atom. The first-order chi connectivity index (χ1) is 8.82. The van der Waals surface area contributed by atoms with Crippen molar-refractivity contribution < 1.29 is 14.8 Å². The molecule has 0 bridgehead atoms. The van der Waals surface area contributed by atoms with Gasteiger partial charge in [0, 0.05) is 18.7 Å². The topological polar surface area (TPSA) is 118 Å². The van der Waals surface area contributed by atoms with Crippen molar-refractivity contribution in [2.45, 2.75) is 26.0 Å². The normalized spacial score (nSPS) is 13.7. The van der Waals surface area contributed by atoms with E-state index in [1.165, 1.54) is 19.1 Å². The predicted octanol–water partition coefficient (Wildman–Crippen LogP) is 0.341. The number of benzene rings is 1. The number of hydrogen-bond acceptors (Lipinski definition) is 5. The fraction of sp³-hybridized carbons (Fsp3) is 0.417. The molecule has 0 aromatic heterocycles. The van der Waals surface area contributed by atoms with Gasteiger partial charge >= 0.3 is 0 Å². The highest BCUT2D eigenvalue weighted by atomic mass is 16.6. The Hall–Kier alpha value is -1.99. The molecule has 4 N–H and O–H groups in total. The zero-order chi connectivity index (χ0) is 14.6. The van der Waals surface area contributed by atoms with Gasteiger partial charge in [-0.3, -0.25) is 14.9 Å². The molecule has 0 saturated heterocycles. The maximum absolute atomic E-state index is 11.9. The van der Waals surface area contributed by atoms with E-state index in [0.717, 1.165) is 5.56 Å². The number of hydrogen-bond donors (Lipinski definition) is 3. The number of carbonyl (C=O) groups is 1. The zero-order valence-electron chi connectivity index (χ0n) is 10.8. The van der Waals surface area contributed by atoms with Crippen LogP contribution in [0, 0.1) is 17.0 Å². The average molecular weight is 267 g/mol. The molecule has 1 aromatic carbocycles. The summed E-state index contributed by atoms with van der Waals surface area (Å²) in [7, 11) is 0. The number of nitro groups is 1. The molecule has 0 spiro atoms. The molecular formula is C12H17N3O4. The number of nitrogens with one attached hydrogen (secondary N) is 1. The van der Waals surface area contributed by atoms with Gasteiger partial charge in [0.05, 0.1) is 11.0 Å². The van der Waals surface area contributed by atoms with Gasteiger partial charge < -0.3 is 16.2 Å². The highest BCUT2D eigenvalue weighted by Crippen LogP contribution is 2.19. The van der Waals surface area contributed by atoms with Crippen molar-refractivity contribution in [1.82, 2.24) is 5.32 Å². The van der Waals surface area contributed by atoms with Crippen molar-refractivity contribution in [2.75, 3.05) is 6.54 Å². The second kappa shape index (κ2) is 6.26. The molecule has 0 radical (unpaired) electrons. The standard InChI is InChI=1S/C12H17N3O4/c1-7-3-4-11(15(18)19)9(5-7)12(17)14-6-10(13)8(2)16/h3-5,8,10,16H,6,13H2,1-2H3,(H,14,17). The second-order valence-electron chi connectivity index (χ2n) is 4.39. The van der Waals surface area contributed by atoms with E-state index in [1.807, 2.05) is 0 Å². The largest absolute Gasteiger partial charge is 0.392 e. The molecule has 7 heteroatoms. The summed E-state index contributed by atoms with van der Waals surface area (Å²) in [6, 6.07) is 3.68. The molecule has 0 heterocycles. The maximum Gasteiger partial charge on any atom is 0.282 e. The Bertz CT molecular complexity index is 488. The number of aryl methyl sites for hydroxylation is 1. The number of nitrogens with two attached hydrogens (primary N) is 1. The minimum Gasteiger partial charge on any atom is -0.392 e. The molecule has 7 nitrogen and oxygen atoms in total. The van der Waals surface area contributed by atoms with Crippen LogP contribution in [0.5, 0.6) is 0 Å². The molecule has 1 aromatic rings. The highest BCUT2D eigenvalue weighted by molar-refractivity contribution is 5.98. The third-order valence-electron chi connectivity index (χ3n) is 2.71. The van der Waals surface area contributed by atoms with Crippen molar-refractivity contribution in [1.29, 1.82) is 0 Å². The Morgan fingerprint density at radius 2 is 2.21 bits per heavy atom. The summed E-state index contributed by atoms with van der Waals surface area (Å²) in [4.78, 5) is 22.1. The van der Waals surface area contributed by atoms with Crippen LogP contribution in [0.1, 0.15) is 22.8 Å². The molecule has 0 fully saturated rings. The molecule has 19 heavy (non-hydrogen) atoms. The molecule has 0 aliphatic rings. The third-order valence-corrected chi connectivity index (χ3v) is 2.71. The van der Waals surface area contributed by atoms with Gasteiger partial charge in [0.25, 0.3) is 11.6 Å². The van der Waals surface area contributed by atoms with Crippen LogP contribution in [0.15, 0.2) is 18.2 Å². The summed E-state index contributed by atoms with van der Waals surface area (Å²) < 4.78 is 0. The SMILES string of the molecule is Cc1ccc([N+](=O)[O-])c(C(=O)NCC(N)C(C)O)c1. The Morgan fingerprint density at radius 3 is 2.74 bits per heavy atom. The lowest BCUT2D eigenvalue weighted by molar-refractivity contribution is -0.385.